The highest BCUT2D eigenvalue weighted by Gasteiger charge is 2.35. The van der Waals surface area contributed by atoms with Gasteiger partial charge in [-0.25, -0.2) is 4.99 Å². The molecule has 0 radical (unpaired) electrons. The average molecular weight is 273 g/mol. The summed E-state index contributed by atoms with van der Waals surface area (Å²) in [4.78, 5) is 15.6. The molecular formula is C9H6Cl2N4O2. The minimum Gasteiger partial charge on any atom is -0.378 e. The van der Waals surface area contributed by atoms with Gasteiger partial charge >= 0.3 is 5.70 Å². The Labute approximate surface area is 106 Å². The van der Waals surface area contributed by atoms with Crippen LogP contribution in [0.1, 0.15) is 0 Å². The van der Waals surface area contributed by atoms with Gasteiger partial charge in [-0.15, -0.1) is 0 Å². The minimum absolute atomic E-state index is 0.0152. The van der Waals surface area contributed by atoms with Gasteiger partial charge in [0.05, 0.1) is 4.92 Å². The number of halogens is 2. The molecule has 8 heteroatoms. The summed E-state index contributed by atoms with van der Waals surface area (Å²) < 4.78 is -0.244. The van der Waals surface area contributed by atoms with E-state index in [1.807, 2.05) is 0 Å². The average Bonchev–Trinajstić information content (AvgIpc) is 2.26. The molecule has 0 amide bonds. The number of fused-ring (bicyclic) bond motifs is 1. The Hall–Kier alpha value is -1.79. The first kappa shape index (κ1) is 11.7. The number of nitrogens with two attached hydrogens (primary N) is 1. The Bertz CT molecular complexity index is 541. The van der Waals surface area contributed by atoms with E-state index in [9.17, 15) is 10.1 Å². The zero-order chi connectivity index (χ0) is 12.6. The second-order valence-corrected chi connectivity index (χ2v) is 4.09. The van der Waals surface area contributed by atoms with Crippen LogP contribution in [0.3, 0.4) is 0 Å². The normalized spacial score (nSPS) is 18.1. The van der Waals surface area contributed by atoms with Crippen LogP contribution in [0.25, 0.3) is 0 Å². The van der Waals surface area contributed by atoms with Crippen LogP contribution >= 0.6 is 23.2 Å². The standard InChI is InChI=1S/C9H6Cl2N4O2/c10-8(11)6-7(15(16)17)9(12)13-5-3-1-2-4-14(5)6/h1-4H,12H2. The third kappa shape index (κ3) is 1.92. The third-order valence-corrected chi connectivity index (χ3v) is 2.50. The van der Waals surface area contributed by atoms with Crippen LogP contribution in [-0.2, 0) is 0 Å². The number of rotatable bonds is 1. The van der Waals surface area contributed by atoms with Crippen molar-refractivity contribution in [1.29, 1.82) is 0 Å². The van der Waals surface area contributed by atoms with E-state index in [0.29, 0.717) is 5.84 Å². The summed E-state index contributed by atoms with van der Waals surface area (Å²) >= 11 is 11.4. The molecule has 2 N–H and O–H groups in total. The quantitative estimate of drug-likeness (QED) is 0.583. The minimum atomic E-state index is -0.665. The number of hydrogen-bond acceptors (Lipinski definition) is 5. The SMILES string of the molecule is NC1=C([N+](=O)[O-])C(=C(Cl)Cl)N2C=CC=CC2=N1. The van der Waals surface area contributed by atoms with Gasteiger partial charge in [-0.2, -0.15) is 0 Å². The Morgan fingerprint density at radius 3 is 2.76 bits per heavy atom. The molecule has 17 heavy (non-hydrogen) atoms. The van der Waals surface area contributed by atoms with Gasteiger partial charge in [0.1, 0.15) is 10.3 Å². The summed E-state index contributed by atoms with van der Waals surface area (Å²) in [7, 11) is 0. The molecule has 2 aliphatic rings. The van der Waals surface area contributed by atoms with Crippen molar-refractivity contribution in [3.05, 3.63) is 56.2 Å². The Balaban J connectivity index is 2.68. The molecule has 0 aliphatic carbocycles. The highest BCUT2D eigenvalue weighted by molar-refractivity contribution is 6.56. The monoisotopic (exact) mass is 272 g/mol. The topological polar surface area (TPSA) is 84.8 Å². The van der Waals surface area contributed by atoms with Crippen LogP contribution in [-0.4, -0.2) is 15.7 Å². The largest absolute Gasteiger partial charge is 0.378 e. The number of nitro groups is 1. The van der Waals surface area contributed by atoms with Crippen molar-refractivity contribution >= 4 is 29.0 Å². The lowest BCUT2D eigenvalue weighted by atomic mass is 10.2. The molecule has 0 atom stereocenters. The van der Waals surface area contributed by atoms with Gasteiger partial charge in [0.15, 0.2) is 5.70 Å². The summed E-state index contributed by atoms with van der Waals surface area (Å²) in [6, 6.07) is 0. The van der Waals surface area contributed by atoms with E-state index in [-0.39, 0.29) is 16.0 Å². The molecule has 6 nitrogen and oxygen atoms in total. The number of amidine groups is 1. The summed E-state index contributed by atoms with van der Waals surface area (Å²) in [6.07, 6.45) is 6.60. The number of aliphatic imine (C=N–C) groups is 1. The van der Waals surface area contributed by atoms with Gasteiger partial charge in [0.2, 0.25) is 5.82 Å². The Kier molecular flexibility index (Phi) is 2.91. The second kappa shape index (κ2) is 4.23. The first-order chi connectivity index (χ1) is 8.02. The van der Waals surface area contributed by atoms with E-state index in [4.69, 9.17) is 28.9 Å². The maximum Gasteiger partial charge on any atom is 0.337 e. The zero-order valence-corrected chi connectivity index (χ0v) is 9.81. The summed E-state index contributed by atoms with van der Waals surface area (Å²) in [5.41, 5.74) is 5.14. The van der Waals surface area contributed by atoms with E-state index >= 15 is 0 Å². The molecule has 0 saturated carbocycles. The van der Waals surface area contributed by atoms with E-state index in [1.54, 1.807) is 24.4 Å². The van der Waals surface area contributed by atoms with Gasteiger partial charge < -0.3 is 5.73 Å². The van der Waals surface area contributed by atoms with Crippen LogP contribution in [0.15, 0.2) is 51.1 Å². The molecule has 0 aromatic carbocycles. The highest BCUT2D eigenvalue weighted by atomic mass is 35.5. The van der Waals surface area contributed by atoms with Crippen molar-refractivity contribution in [3.8, 4) is 0 Å². The van der Waals surface area contributed by atoms with Crippen LogP contribution in [0.5, 0.6) is 0 Å². The predicted octanol–water partition coefficient (Wildman–Crippen LogP) is 1.84. The molecule has 2 heterocycles. The van der Waals surface area contributed by atoms with E-state index in [1.165, 1.54) is 4.90 Å². The molecule has 0 spiro atoms. The Morgan fingerprint density at radius 1 is 1.47 bits per heavy atom. The number of hydrogen-bond donors (Lipinski definition) is 1. The van der Waals surface area contributed by atoms with Gasteiger partial charge in [0.25, 0.3) is 0 Å². The molecular weight excluding hydrogens is 267 g/mol. The first-order valence-corrected chi connectivity index (χ1v) is 5.20. The van der Waals surface area contributed by atoms with Crippen molar-refractivity contribution in [2.24, 2.45) is 10.7 Å². The van der Waals surface area contributed by atoms with Crippen molar-refractivity contribution in [1.82, 2.24) is 4.90 Å². The molecule has 0 saturated heterocycles. The van der Waals surface area contributed by atoms with Crippen molar-refractivity contribution in [2.45, 2.75) is 0 Å². The fourth-order valence-electron chi connectivity index (χ4n) is 1.49. The molecule has 0 bridgehead atoms. The summed E-state index contributed by atoms with van der Waals surface area (Å²) in [5.74, 6) is 0.194. The first-order valence-electron chi connectivity index (χ1n) is 4.45. The number of allylic oxidation sites excluding steroid dienone is 2. The van der Waals surface area contributed by atoms with Crippen molar-refractivity contribution in [3.63, 3.8) is 0 Å². The fourth-order valence-corrected chi connectivity index (χ4v) is 1.85. The van der Waals surface area contributed by atoms with Crippen LogP contribution in [0, 0.1) is 10.1 Å². The van der Waals surface area contributed by atoms with Crippen LogP contribution < -0.4 is 5.73 Å². The second-order valence-electron chi connectivity index (χ2n) is 3.14. The fraction of sp³-hybridized carbons (Fsp3) is 0. The molecule has 0 aromatic heterocycles. The molecule has 0 fully saturated rings. The van der Waals surface area contributed by atoms with Gasteiger partial charge in [0, 0.05) is 6.20 Å². The lowest BCUT2D eigenvalue weighted by Gasteiger charge is -2.26. The van der Waals surface area contributed by atoms with Gasteiger partial charge in [-0.1, -0.05) is 29.3 Å². The zero-order valence-electron chi connectivity index (χ0n) is 8.30. The van der Waals surface area contributed by atoms with Crippen molar-refractivity contribution in [2.75, 3.05) is 0 Å². The van der Waals surface area contributed by atoms with Gasteiger partial charge in [-0.3, -0.25) is 15.0 Å². The molecule has 0 aromatic rings. The molecule has 0 unspecified atom stereocenters. The van der Waals surface area contributed by atoms with E-state index in [0.717, 1.165) is 0 Å². The maximum atomic E-state index is 10.9. The molecule has 2 rings (SSSR count). The third-order valence-electron chi connectivity index (χ3n) is 2.14. The van der Waals surface area contributed by atoms with Gasteiger partial charge in [-0.05, 0) is 12.2 Å². The van der Waals surface area contributed by atoms with E-state index in [2.05, 4.69) is 4.99 Å². The lowest BCUT2D eigenvalue weighted by molar-refractivity contribution is -0.423. The molecule has 2 aliphatic heterocycles. The molecule has 88 valence electrons. The lowest BCUT2D eigenvalue weighted by Crippen LogP contribution is -2.33. The van der Waals surface area contributed by atoms with Crippen molar-refractivity contribution < 1.29 is 4.92 Å². The van der Waals surface area contributed by atoms with Crippen LogP contribution in [0.2, 0.25) is 0 Å². The van der Waals surface area contributed by atoms with E-state index < -0.39 is 10.6 Å². The summed E-state index contributed by atoms with van der Waals surface area (Å²) in [6.45, 7) is 0. The highest BCUT2D eigenvalue weighted by Crippen LogP contribution is 2.31. The van der Waals surface area contributed by atoms with Crippen LogP contribution in [0.4, 0.5) is 0 Å². The summed E-state index contributed by atoms with van der Waals surface area (Å²) in [5, 5.41) is 10.9. The maximum absolute atomic E-state index is 10.9. The number of nitrogens with zero attached hydrogens (tertiary/aromatic N) is 3. The Morgan fingerprint density at radius 2 is 2.18 bits per heavy atom. The smallest absolute Gasteiger partial charge is 0.337 e. The predicted molar refractivity (Wildman–Crippen MR) is 64.5 cm³/mol.